The maximum atomic E-state index is 13.5. The van der Waals surface area contributed by atoms with E-state index in [-0.39, 0.29) is 37.2 Å². The summed E-state index contributed by atoms with van der Waals surface area (Å²) in [5.74, 6) is 0.275. The molecule has 0 radical (unpaired) electrons. The zero-order chi connectivity index (χ0) is 38.0. The first-order valence-electron chi connectivity index (χ1n) is 17.6. The molecule has 19 heteroatoms. The van der Waals surface area contributed by atoms with Crippen LogP contribution in [-0.4, -0.2) is 105 Å². The molecule has 2 aliphatic rings. The van der Waals surface area contributed by atoms with Crippen LogP contribution in [-0.2, 0) is 46.2 Å². The van der Waals surface area contributed by atoms with Crippen molar-refractivity contribution >= 4 is 23.7 Å². The van der Waals surface area contributed by atoms with Gasteiger partial charge in [0, 0.05) is 32.1 Å². The predicted octanol–water partition coefficient (Wildman–Crippen LogP) is 4.97. The minimum absolute atomic E-state index is 0.0150. The molecule has 2 aromatic heterocycles. The Morgan fingerprint density at radius 2 is 1.74 bits per heavy atom. The number of unbranched alkanes of at least 4 members (excludes halogenated alkanes) is 2. The molecule has 6 rings (SSSR count). The lowest BCUT2D eigenvalue weighted by atomic mass is 9.98. The van der Waals surface area contributed by atoms with Crippen LogP contribution in [0.3, 0.4) is 0 Å². The molecule has 2 aliphatic heterocycles. The molecule has 4 aromatic rings. The molecule has 4 heterocycles. The van der Waals surface area contributed by atoms with Crippen molar-refractivity contribution in [3.05, 3.63) is 80.9 Å². The zero-order valence-electron chi connectivity index (χ0n) is 29.6. The predicted molar refractivity (Wildman–Crippen MR) is 188 cm³/mol. The summed E-state index contributed by atoms with van der Waals surface area (Å²) in [7, 11) is 0. The second kappa shape index (κ2) is 18.2. The van der Waals surface area contributed by atoms with Gasteiger partial charge in [-0.1, -0.05) is 73.5 Å². The van der Waals surface area contributed by atoms with Gasteiger partial charge in [-0.15, -0.1) is 20.3 Å². The van der Waals surface area contributed by atoms with Crippen LogP contribution in [0.25, 0.3) is 22.5 Å². The molecule has 2 aromatic carbocycles. The highest BCUT2D eigenvalue weighted by Gasteiger charge is 2.50. The maximum Gasteiger partial charge on any atom is 0.511 e. The number of rotatable bonds is 18. The third-order valence-electron chi connectivity index (χ3n) is 8.88. The van der Waals surface area contributed by atoms with Crippen LogP contribution >= 0.6 is 11.6 Å². The van der Waals surface area contributed by atoms with Gasteiger partial charge in [0.2, 0.25) is 12.1 Å². The van der Waals surface area contributed by atoms with Gasteiger partial charge in [-0.05, 0) is 41.2 Å². The summed E-state index contributed by atoms with van der Waals surface area (Å²) in [5.41, 5.74) is 3.60. The van der Waals surface area contributed by atoms with E-state index in [1.54, 1.807) is 4.57 Å². The largest absolute Gasteiger partial charge is 0.511 e. The summed E-state index contributed by atoms with van der Waals surface area (Å²) in [5, 5.41) is 23.8. The lowest BCUT2D eigenvalue weighted by molar-refractivity contribution is -0.757. The highest BCUT2D eigenvalue weighted by Crippen LogP contribution is 2.32. The number of hydrogen-bond acceptors (Lipinski definition) is 15. The van der Waals surface area contributed by atoms with Crippen molar-refractivity contribution in [2.24, 2.45) is 0 Å². The Kier molecular flexibility index (Phi) is 13.0. The number of hydrogen-bond donors (Lipinski definition) is 1. The fourth-order valence-corrected chi connectivity index (χ4v) is 6.58. The molecule has 0 bridgehead atoms. The van der Waals surface area contributed by atoms with Crippen LogP contribution in [0, 0.1) is 10.1 Å². The number of H-pyrrole nitrogens is 1. The number of carbonyl (C=O) groups excluding carboxylic acids is 2. The number of nitrogens with one attached hydrogen (secondary N) is 1. The third kappa shape index (κ3) is 9.49. The van der Waals surface area contributed by atoms with Gasteiger partial charge in [0.15, 0.2) is 17.0 Å². The highest BCUT2D eigenvalue weighted by atomic mass is 35.5. The summed E-state index contributed by atoms with van der Waals surface area (Å²) >= 11 is 6.54. The van der Waals surface area contributed by atoms with Crippen LogP contribution in [0.15, 0.2) is 48.5 Å². The summed E-state index contributed by atoms with van der Waals surface area (Å²) < 4.78 is 35.3. The molecular weight excluding hydrogens is 730 g/mol. The van der Waals surface area contributed by atoms with Gasteiger partial charge in [0.1, 0.15) is 24.1 Å². The van der Waals surface area contributed by atoms with Crippen molar-refractivity contribution in [2.75, 3.05) is 26.4 Å². The molecule has 2 saturated heterocycles. The molecule has 54 heavy (non-hydrogen) atoms. The number of benzene rings is 2. The van der Waals surface area contributed by atoms with E-state index in [0.717, 1.165) is 35.1 Å². The Balaban J connectivity index is 1.04. The van der Waals surface area contributed by atoms with Crippen molar-refractivity contribution in [1.82, 2.24) is 30.2 Å². The van der Waals surface area contributed by atoms with Crippen molar-refractivity contribution in [3.8, 4) is 22.5 Å². The number of nitrogens with zero attached hydrogens (tertiary/aromatic N) is 6. The Hall–Kier alpha value is -5.17. The first kappa shape index (κ1) is 38.6. The normalized spacial score (nSPS) is 19.6. The maximum absolute atomic E-state index is 13.5. The average Bonchev–Trinajstić information content (AvgIpc) is 3.96. The zero-order valence-corrected chi connectivity index (χ0v) is 30.4. The van der Waals surface area contributed by atoms with E-state index in [1.807, 2.05) is 48.5 Å². The van der Waals surface area contributed by atoms with Crippen molar-refractivity contribution in [1.29, 1.82) is 0 Å². The van der Waals surface area contributed by atoms with Crippen LogP contribution < -0.4 is 0 Å². The van der Waals surface area contributed by atoms with E-state index in [4.69, 9.17) is 40.0 Å². The second-order valence-electron chi connectivity index (χ2n) is 12.6. The van der Waals surface area contributed by atoms with E-state index >= 15 is 0 Å². The molecule has 2 fully saturated rings. The fourth-order valence-electron chi connectivity index (χ4n) is 6.30. The molecule has 0 saturated carbocycles. The third-order valence-corrected chi connectivity index (χ3v) is 9.15. The van der Waals surface area contributed by atoms with Crippen molar-refractivity contribution in [3.63, 3.8) is 0 Å². The molecule has 18 nitrogen and oxygen atoms in total. The fraction of sp³-hybridized carbons (Fsp3) is 0.486. The Morgan fingerprint density at radius 1 is 1.02 bits per heavy atom. The number of carbonyl (C=O) groups is 2. The SMILES string of the molecule is CCCCc1nc(Cl)c(C(=O)OC(C)OC(=O)O[C@H]2COC3C2OC[C@H]3OCCCCO[N+](=O)[O-])n1Cc1ccc(-c2ccccc2-c2nn[nH]n2)cc1. The van der Waals surface area contributed by atoms with E-state index in [1.165, 1.54) is 6.92 Å². The molecule has 3 unspecified atom stereocenters. The number of aryl methyl sites for hydroxylation is 1. The van der Waals surface area contributed by atoms with Gasteiger partial charge < -0.3 is 37.8 Å². The molecule has 0 spiro atoms. The number of tetrazole rings is 1. The van der Waals surface area contributed by atoms with E-state index in [2.05, 4.69) is 37.4 Å². The molecule has 0 aliphatic carbocycles. The van der Waals surface area contributed by atoms with Crippen LogP contribution in [0.1, 0.15) is 61.4 Å². The summed E-state index contributed by atoms with van der Waals surface area (Å²) in [4.78, 5) is 45.3. The highest BCUT2D eigenvalue weighted by molar-refractivity contribution is 6.32. The summed E-state index contributed by atoms with van der Waals surface area (Å²) in [6.07, 6.45) is -1.33. The number of imidazole rings is 1. The molecule has 0 amide bonds. The van der Waals surface area contributed by atoms with Crippen LogP contribution in [0.5, 0.6) is 0 Å². The van der Waals surface area contributed by atoms with Gasteiger partial charge >= 0.3 is 12.1 Å². The van der Waals surface area contributed by atoms with Gasteiger partial charge in [-0.3, -0.25) is 0 Å². The standard InChI is InChI=1S/C35H40ClN7O11/c1-3-4-11-28-37-32(36)29(42(28)18-22-12-14-23(15-13-22)24-9-5-6-10-25(24)33-38-40-41-39-33)34(44)52-21(2)53-35(45)54-27-20-50-30-26(19-49-31(27)30)48-16-7-8-17-51-43(46)47/h5-6,9-10,12-15,21,26-27,30-31H,3-4,7-8,11,16-20H2,1-2H3,(H,38,39,40,41)/t21?,26-,27+,30?,31?/m1/s1. The second-order valence-corrected chi connectivity index (χ2v) is 13.0. The monoisotopic (exact) mass is 769 g/mol. The Morgan fingerprint density at radius 3 is 2.46 bits per heavy atom. The number of aromatic nitrogens is 6. The van der Waals surface area contributed by atoms with Crippen molar-refractivity contribution in [2.45, 2.75) is 83.2 Å². The van der Waals surface area contributed by atoms with Crippen LogP contribution in [0.4, 0.5) is 4.79 Å². The smallest absolute Gasteiger partial charge is 0.426 e. The van der Waals surface area contributed by atoms with Gasteiger partial charge in [-0.25, -0.2) is 14.6 Å². The molecule has 5 atom stereocenters. The van der Waals surface area contributed by atoms with Crippen molar-refractivity contribution < 1.29 is 47.9 Å². The topological polar surface area (TPSA) is 214 Å². The number of ether oxygens (including phenoxy) is 6. The number of esters is 1. The minimum Gasteiger partial charge on any atom is -0.426 e. The van der Waals surface area contributed by atoms with Gasteiger partial charge in [0.05, 0.1) is 19.8 Å². The first-order chi connectivity index (χ1) is 26.2. The molecule has 1 N–H and O–H groups in total. The Bertz CT molecular complexity index is 1880. The van der Waals surface area contributed by atoms with E-state index < -0.39 is 47.9 Å². The molecular formula is C35H40ClN7O11. The number of halogens is 1. The van der Waals surface area contributed by atoms with Gasteiger partial charge in [0.25, 0.3) is 5.09 Å². The van der Waals surface area contributed by atoms with E-state index in [9.17, 15) is 19.7 Å². The summed E-state index contributed by atoms with van der Waals surface area (Å²) in [6.45, 7) is 4.30. The summed E-state index contributed by atoms with van der Waals surface area (Å²) in [6, 6.07) is 15.6. The molecule has 288 valence electrons. The number of aromatic amines is 1. The van der Waals surface area contributed by atoms with E-state index in [0.29, 0.717) is 37.5 Å². The number of fused-ring (bicyclic) bond motifs is 1. The van der Waals surface area contributed by atoms with Gasteiger partial charge in [-0.2, -0.15) is 5.21 Å². The lowest BCUT2D eigenvalue weighted by Crippen LogP contribution is -2.36. The Labute approximate surface area is 314 Å². The average molecular weight is 770 g/mol. The lowest BCUT2D eigenvalue weighted by Gasteiger charge is -2.19. The minimum atomic E-state index is -1.33. The van der Waals surface area contributed by atoms with Crippen LogP contribution in [0.2, 0.25) is 5.15 Å². The quantitative estimate of drug-likeness (QED) is 0.0465. The first-order valence-corrected chi connectivity index (χ1v) is 18.0.